The maximum atomic E-state index is 11.9. The van der Waals surface area contributed by atoms with Gasteiger partial charge in [-0.1, -0.05) is 55.5 Å². The first kappa shape index (κ1) is 17.3. The Morgan fingerprint density at radius 3 is 2.71 bits per heavy atom. The van der Waals surface area contributed by atoms with Gasteiger partial charge in [-0.3, -0.25) is 4.79 Å². The summed E-state index contributed by atoms with van der Waals surface area (Å²) in [4.78, 5) is 13.2. The van der Waals surface area contributed by atoms with E-state index in [1.165, 1.54) is 10.5 Å². The molecule has 0 aliphatic heterocycles. The van der Waals surface area contributed by atoms with Crippen LogP contribution in [0.25, 0.3) is 0 Å². The Hall–Kier alpha value is -1.48. The Kier molecular flexibility index (Phi) is 4.91. The quantitative estimate of drug-likeness (QED) is 0.691. The molecule has 0 saturated heterocycles. The zero-order chi connectivity index (χ0) is 17.2. The molecular formula is C21H26O2S. The molecule has 0 heterocycles. The van der Waals surface area contributed by atoms with E-state index in [4.69, 9.17) is 0 Å². The van der Waals surface area contributed by atoms with E-state index in [0.29, 0.717) is 0 Å². The molecule has 0 aromatic heterocycles. The van der Waals surface area contributed by atoms with Gasteiger partial charge in [0.2, 0.25) is 0 Å². The SMILES string of the molecule is C[C@@]1(C(=O)O)CCC[C@@]2(C)C(/C=C/Sc3ccccc3)=CCC[C@H]12. The monoisotopic (exact) mass is 342 g/mol. The number of thioether (sulfide) groups is 1. The zero-order valence-corrected chi connectivity index (χ0v) is 15.3. The first-order chi connectivity index (χ1) is 11.5. The molecule has 2 aliphatic rings. The second-order valence-electron chi connectivity index (χ2n) is 7.52. The zero-order valence-electron chi connectivity index (χ0n) is 14.5. The van der Waals surface area contributed by atoms with Crippen molar-refractivity contribution >= 4 is 17.7 Å². The molecule has 0 radical (unpaired) electrons. The van der Waals surface area contributed by atoms with Crippen molar-refractivity contribution in [1.82, 2.24) is 0 Å². The van der Waals surface area contributed by atoms with Crippen LogP contribution in [0.5, 0.6) is 0 Å². The van der Waals surface area contributed by atoms with Crippen molar-refractivity contribution < 1.29 is 9.90 Å². The van der Waals surface area contributed by atoms with Gasteiger partial charge in [-0.25, -0.2) is 0 Å². The minimum absolute atomic E-state index is 0.0165. The van der Waals surface area contributed by atoms with Crippen molar-refractivity contribution in [3.63, 3.8) is 0 Å². The minimum Gasteiger partial charge on any atom is -0.481 e. The van der Waals surface area contributed by atoms with E-state index in [0.717, 1.165) is 32.1 Å². The predicted molar refractivity (Wildman–Crippen MR) is 99.9 cm³/mol. The van der Waals surface area contributed by atoms with Crippen molar-refractivity contribution in [3.05, 3.63) is 53.5 Å². The highest BCUT2D eigenvalue weighted by Gasteiger charge is 2.54. The van der Waals surface area contributed by atoms with Crippen LogP contribution in [0.15, 0.2) is 58.4 Å². The summed E-state index contributed by atoms with van der Waals surface area (Å²) >= 11 is 1.72. The predicted octanol–water partition coefficient (Wildman–Crippen LogP) is 5.91. The van der Waals surface area contributed by atoms with Gasteiger partial charge in [-0.15, -0.1) is 0 Å². The molecular weight excluding hydrogens is 316 g/mol. The summed E-state index contributed by atoms with van der Waals surface area (Å²) in [5, 5.41) is 12.0. The molecule has 3 atom stereocenters. The molecule has 128 valence electrons. The van der Waals surface area contributed by atoms with Crippen LogP contribution in [0, 0.1) is 16.7 Å². The normalized spacial score (nSPS) is 33.1. The summed E-state index contributed by atoms with van der Waals surface area (Å²) < 4.78 is 0. The number of aliphatic carboxylic acids is 1. The third kappa shape index (κ3) is 3.06. The molecule has 2 nitrogen and oxygen atoms in total. The fourth-order valence-electron chi connectivity index (χ4n) is 4.70. The van der Waals surface area contributed by atoms with Crippen molar-refractivity contribution in [2.75, 3.05) is 0 Å². The third-order valence-corrected chi connectivity index (χ3v) is 6.91. The molecule has 1 N–H and O–H groups in total. The second kappa shape index (κ2) is 6.79. The van der Waals surface area contributed by atoms with Gasteiger partial charge in [0, 0.05) is 4.90 Å². The van der Waals surface area contributed by atoms with E-state index in [-0.39, 0.29) is 11.3 Å². The number of carboxylic acid groups (broad SMARTS) is 1. The Bertz CT molecular complexity index is 664. The van der Waals surface area contributed by atoms with E-state index in [2.05, 4.69) is 36.6 Å². The molecule has 2 aliphatic carbocycles. The number of benzene rings is 1. The maximum absolute atomic E-state index is 11.9. The van der Waals surface area contributed by atoms with Crippen LogP contribution >= 0.6 is 11.8 Å². The number of carbonyl (C=O) groups is 1. The fourth-order valence-corrected chi connectivity index (χ4v) is 5.38. The molecule has 3 rings (SSSR count). The van der Waals surface area contributed by atoms with Gasteiger partial charge < -0.3 is 5.11 Å². The lowest BCUT2D eigenvalue weighted by Gasteiger charge is -2.53. The molecule has 0 bridgehead atoms. The van der Waals surface area contributed by atoms with Crippen LogP contribution in [0.4, 0.5) is 0 Å². The first-order valence-electron chi connectivity index (χ1n) is 8.79. The summed E-state index contributed by atoms with van der Waals surface area (Å²) in [6, 6.07) is 10.3. The lowest BCUT2D eigenvalue weighted by molar-refractivity contribution is -0.158. The number of hydrogen-bond acceptors (Lipinski definition) is 2. The highest BCUT2D eigenvalue weighted by molar-refractivity contribution is 8.02. The maximum Gasteiger partial charge on any atom is 0.309 e. The van der Waals surface area contributed by atoms with Gasteiger partial charge in [0.25, 0.3) is 0 Å². The molecule has 1 aromatic carbocycles. The second-order valence-corrected chi connectivity index (χ2v) is 8.50. The van der Waals surface area contributed by atoms with Crippen LogP contribution in [0.3, 0.4) is 0 Å². The molecule has 0 unspecified atom stereocenters. The molecule has 3 heteroatoms. The van der Waals surface area contributed by atoms with E-state index < -0.39 is 11.4 Å². The van der Waals surface area contributed by atoms with Gasteiger partial charge in [0.15, 0.2) is 0 Å². The number of fused-ring (bicyclic) bond motifs is 1. The van der Waals surface area contributed by atoms with Gasteiger partial charge >= 0.3 is 5.97 Å². The van der Waals surface area contributed by atoms with Crippen molar-refractivity contribution in [2.24, 2.45) is 16.7 Å². The average molecular weight is 343 g/mol. The smallest absolute Gasteiger partial charge is 0.309 e. The highest BCUT2D eigenvalue weighted by atomic mass is 32.2. The summed E-state index contributed by atoms with van der Waals surface area (Å²) in [6.45, 7) is 4.24. The highest BCUT2D eigenvalue weighted by Crippen LogP contribution is 2.58. The minimum atomic E-state index is -0.623. The topological polar surface area (TPSA) is 37.3 Å². The van der Waals surface area contributed by atoms with Crippen LogP contribution in [0.1, 0.15) is 46.0 Å². The molecule has 1 fully saturated rings. The lowest BCUT2D eigenvalue weighted by Crippen LogP contribution is -2.49. The largest absolute Gasteiger partial charge is 0.481 e. The van der Waals surface area contributed by atoms with Crippen LogP contribution in [-0.4, -0.2) is 11.1 Å². The standard InChI is InChI=1S/C21H26O2S/c1-20-13-7-14-21(2,19(22)23)18(20)11-6-8-16(20)12-15-24-17-9-4-3-5-10-17/h3-5,8-10,12,15,18H,6-7,11,13-14H2,1-2H3,(H,22,23)/b15-12+/t18-,20-,21+/m0/s1. The summed E-state index contributed by atoms with van der Waals surface area (Å²) in [5.41, 5.74) is 0.721. The van der Waals surface area contributed by atoms with E-state index in [1.807, 2.05) is 25.1 Å². The van der Waals surface area contributed by atoms with E-state index in [1.54, 1.807) is 11.8 Å². The Balaban J connectivity index is 1.81. The lowest BCUT2D eigenvalue weighted by atomic mass is 9.50. The average Bonchev–Trinajstić information content (AvgIpc) is 2.56. The Morgan fingerprint density at radius 2 is 2.00 bits per heavy atom. The van der Waals surface area contributed by atoms with Gasteiger partial charge in [-0.2, -0.15) is 0 Å². The van der Waals surface area contributed by atoms with E-state index in [9.17, 15) is 9.90 Å². The molecule has 1 saturated carbocycles. The fraction of sp³-hybridized carbons (Fsp3) is 0.476. The van der Waals surface area contributed by atoms with Crippen molar-refractivity contribution in [1.29, 1.82) is 0 Å². The molecule has 1 aromatic rings. The Labute approximate surface area is 149 Å². The summed E-state index contributed by atoms with van der Waals surface area (Å²) in [5.74, 6) is -0.398. The third-order valence-electron chi connectivity index (χ3n) is 6.09. The molecule has 0 spiro atoms. The number of carboxylic acids is 1. The number of hydrogen-bond donors (Lipinski definition) is 1. The molecule has 24 heavy (non-hydrogen) atoms. The van der Waals surface area contributed by atoms with Crippen LogP contribution in [-0.2, 0) is 4.79 Å². The van der Waals surface area contributed by atoms with Gasteiger partial charge in [-0.05, 0) is 67.1 Å². The first-order valence-corrected chi connectivity index (χ1v) is 9.67. The Morgan fingerprint density at radius 1 is 1.25 bits per heavy atom. The van der Waals surface area contributed by atoms with E-state index >= 15 is 0 Å². The van der Waals surface area contributed by atoms with Crippen molar-refractivity contribution in [2.45, 2.75) is 50.8 Å². The van der Waals surface area contributed by atoms with Crippen LogP contribution in [0.2, 0.25) is 0 Å². The van der Waals surface area contributed by atoms with Gasteiger partial charge in [0.1, 0.15) is 0 Å². The molecule has 0 amide bonds. The summed E-state index contributed by atoms with van der Waals surface area (Å²) in [7, 11) is 0. The summed E-state index contributed by atoms with van der Waals surface area (Å²) in [6.07, 6.45) is 9.41. The number of rotatable bonds is 4. The van der Waals surface area contributed by atoms with Crippen LogP contribution < -0.4 is 0 Å². The van der Waals surface area contributed by atoms with Crippen molar-refractivity contribution in [3.8, 4) is 0 Å². The number of allylic oxidation sites excluding steroid dienone is 3. The van der Waals surface area contributed by atoms with Gasteiger partial charge in [0.05, 0.1) is 5.41 Å².